The molecule has 0 aromatic heterocycles. The molecule has 0 saturated heterocycles. The predicted octanol–water partition coefficient (Wildman–Crippen LogP) is 4.17. The zero-order valence-electron chi connectivity index (χ0n) is 15.6. The van der Waals surface area contributed by atoms with Crippen LogP contribution >= 0.6 is 0 Å². The van der Waals surface area contributed by atoms with Gasteiger partial charge in [-0.05, 0) is 23.3 Å². The zero-order chi connectivity index (χ0) is 22.5. The lowest BCUT2D eigenvalue weighted by molar-refractivity contribution is -0.145. The Kier molecular flexibility index (Phi) is 7.12. The summed E-state index contributed by atoms with van der Waals surface area (Å²) < 4.78 is 82.4. The molecule has 30 heavy (non-hydrogen) atoms. The quantitative estimate of drug-likeness (QED) is 0.550. The van der Waals surface area contributed by atoms with Crippen molar-refractivity contribution >= 4 is 11.9 Å². The number of hydrogen-bond acceptors (Lipinski definition) is 3. The minimum Gasteiger partial charge on any atom is -0.467 e. The van der Waals surface area contributed by atoms with Crippen LogP contribution in [0.25, 0.3) is 0 Å². The van der Waals surface area contributed by atoms with Gasteiger partial charge in [-0.25, -0.2) is 4.79 Å². The topological polar surface area (TPSA) is 55.4 Å². The number of carbonyl (C=O) groups excluding carboxylic acids is 2. The van der Waals surface area contributed by atoms with E-state index in [1.807, 2.05) is 0 Å². The first-order valence-corrected chi connectivity index (χ1v) is 8.60. The predicted molar refractivity (Wildman–Crippen MR) is 94.2 cm³/mol. The Bertz CT molecular complexity index is 908. The van der Waals surface area contributed by atoms with Gasteiger partial charge >= 0.3 is 18.3 Å². The Labute approximate surface area is 167 Å². The van der Waals surface area contributed by atoms with Gasteiger partial charge in [0, 0.05) is 6.42 Å². The van der Waals surface area contributed by atoms with Crippen LogP contribution in [0.5, 0.6) is 0 Å². The molecule has 2 aromatic rings. The van der Waals surface area contributed by atoms with Crippen molar-refractivity contribution in [3.63, 3.8) is 0 Å². The highest BCUT2D eigenvalue weighted by Crippen LogP contribution is 2.32. The van der Waals surface area contributed by atoms with E-state index in [9.17, 15) is 35.9 Å². The molecule has 1 atom stereocenters. The summed E-state index contributed by atoms with van der Waals surface area (Å²) in [7, 11) is 1.00. The van der Waals surface area contributed by atoms with E-state index in [1.165, 1.54) is 18.2 Å². The van der Waals surface area contributed by atoms with Crippen LogP contribution < -0.4 is 5.32 Å². The van der Waals surface area contributed by atoms with Crippen LogP contribution in [0.3, 0.4) is 0 Å². The molecule has 0 bridgehead atoms. The number of carbonyl (C=O) groups is 2. The highest BCUT2D eigenvalue weighted by Gasteiger charge is 2.35. The number of ether oxygens (including phenoxy) is 1. The number of esters is 1. The minimum atomic E-state index is -4.67. The smallest absolute Gasteiger partial charge is 0.416 e. The van der Waals surface area contributed by atoms with E-state index in [-0.39, 0.29) is 11.1 Å². The highest BCUT2D eigenvalue weighted by molar-refractivity contribution is 5.85. The summed E-state index contributed by atoms with van der Waals surface area (Å²) >= 11 is 0. The summed E-state index contributed by atoms with van der Waals surface area (Å²) in [5, 5.41) is 2.24. The van der Waals surface area contributed by atoms with Gasteiger partial charge in [0.25, 0.3) is 0 Å². The maximum absolute atomic E-state index is 13.2. The molecule has 1 amide bonds. The van der Waals surface area contributed by atoms with Crippen LogP contribution in [0.1, 0.15) is 22.3 Å². The number of rotatable bonds is 6. The van der Waals surface area contributed by atoms with E-state index in [2.05, 4.69) is 10.1 Å². The van der Waals surface area contributed by atoms with Crippen molar-refractivity contribution < 1.29 is 40.7 Å². The van der Waals surface area contributed by atoms with E-state index in [0.29, 0.717) is 0 Å². The van der Waals surface area contributed by atoms with E-state index >= 15 is 0 Å². The highest BCUT2D eigenvalue weighted by atomic mass is 19.4. The molecule has 4 nitrogen and oxygen atoms in total. The third-order valence-corrected chi connectivity index (χ3v) is 4.19. The Balaban J connectivity index is 2.18. The molecule has 0 unspecified atom stereocenters. The Hall–Kier alpha value is -3.04. The van der Waals surface area contributed by atoms with Crippen molar-refractivity contribution in [2.45, 2.75) is 31.2 Å². The number of alkyl halides is 6. The van der Waals surface area contributed by atoms with Crippen LogP contribution in [0.4, 0.5) is 26.3 Å². The maximum Gasteiger partial charge on any atom is 0.416 e. The molecule has 0 saturated carbocycles. The minimum absolute atomic E-state index is 0.0293. The first-order chi connectivity index (χ1) is 13.9. The lowest BCUT2D eigenvalue weighted by Gasteiger charge is -2.19. The van der Waals surface area contributed by atoms with Crippen molar-refractivity contribution in [2.24, 2.45) is 0 Å². The molecular formula is C20H17F6NO3. The summed E-state index contributed by atoms with van der Waals surface area (Å²) in [4.78, 5) is 24.2. The van der Waals surface area contributed by atoms with Crippen molar-refractivity contribution in [3.8, 4) is 0 Å². The molecule has 10 heteroatoms. The molecule has 1 N–H and O–H groups in total. The van der Waals surface area contributed by atoms with Crippen molar-refractivity contribution in [1.29, 1.82) is 0 Å². The van der Waals surface area contributed by atoms with Crippen molar-refractivity contribution in [1.82, 2.24) is 5.32 Å². The van der Waals surface area contributed by atoms with E-state index < -0.39 is 54.2 Å². The number of benzene rings is 2. The summed E-state index contributed by atoms with van der Waals surface area (Å²) in [6.07, 6.45) is -10.3. The van der Waals surface area contributed by atoms with Crippen LogP contribution in [-0.4, -0.2) is 25.0 Å². The van der Waals surface area contributed by atoms with Gasteiger partial charge in [-0.3, -0.25) is 4.79 Å². The Morgan fingerprint density at radius 2 is 1.63 bits per heavy atom. The standard InChI is InChI=1S/C20H17F6NO3/c1-30-18(29)16(11-13-6-2-3-8-15(13)20(24,25)26)27-17(28)10-12-5-4-7-14(9-12)19(21,22)23/h2-9,16H,10-11H2,1H3,(H,27,28)/t16-/m0/s1. The van der Waals surface area contributed by atoms with Gasteiger partial charge in [0.2, 0.25) is 5.91 Å². The zero-order valence-corrected chi connectivity index (χ0v) is 15.6. The second-order valence-electron chi connectivity index (χ2n) is 6.38. The number of methoxy groups -OCH3 is 1. The van der Waals surface area contributed by atoms with Crippen LogP contribution in [-0.2, 0) is 39.5 Å². The molecule has 2 aromatic carbocycles. The van der Waals surface area contributed by atoms with Crippen molar-refractivity contribution in [2.75, 3.05) is 7.11 Å². The average molecular weight is 433 g/mol. The van der Waals surface area contributed by atoms with Gasteiger partial charge in [0.15, 0.2) is 0 Å². The maximum atomic E-state index is 13.2. The summed E-state index contributed by atoms with van der Waals surface area (Å²) in [5.74, 6) is -1.82. The third kappa shape index (κ3) is 6.23. The van der Waals surface area contributed by atoms with Crippen molar-refractivity contribution in [3.05, 3.63) is 70.8 Å². The average Bonchev–Trinajstić information content (AvgIpc) is 2.66. The molecule has 162 valence electrons. The monoisotopic (exact) mass is 433 g/mol. The number of amides is 1. The molecule has 0 spiro atoms. The molecule has 2 rings (SSSR count). The molecular weight excluding hydrogens is 416 g/mol. The van der Waals surface area contributed by atoms with Gasteiger partial charge < -0.3 is 10.1 Å². The summed E-state index contributed by atoms with van der Waals surface area (Å²) in [6.45, 7) is 0. The fourth-order valence-electron chi connectivity index (χ4n) is 2.82. The lowest BCUT2D eigenvalue weighted by Crippen LogP contribution is -2.44. The number of nitrogens with one attached hydrogen (secondary N) is 1. The van der Waals surface area contributed by atoms with E-state index in [1.54, 1.807) is 0 Å². The van der Waals surface area contributed by atoms with Crippen LogP contribution in [0, 0.1) is 0 Å². The number of halogens is 6. The largest absolute Gasteiger partial charge is 0.467 e. The molecule has 0 aliphatic rings. The van der Waals surface area contributed by atoms with Gasteiger partial charge in [0.1, 0.15) is 6.04 Å². The molecule has 0 radical (unpaired) electrons. The van der Waals surface area contributed by atoms with Gasteiger partial charge in [-0.2, -0.15) is 26.3 Å². The van der Waals surface area contributed by atoms with Gasteiger partial charge in [-0.15, -0.1) is 0 Å². The summed E-state index contributed by atoms with van der Waals surface area (Å²) in [6, 6.07) is 7.14. The number of hydrogen-bond donors (Lipinski definition) is 1. The fraction of sp³-hybridized carbons (Fsp3) is 0.300. The van der Waals surface area contributed by atoms with Gasteiger partial charge in [-0.1, -0.05) is 36.4 Å². The SMILES string of the molecule is COC(=O)[C@H](Cc1ccccc1C(F)(F)F)NC(=O)Cc1cccc(C(F)(F)F)c1. The van der Waals surface area contributed by atoms with Crippen LogP contribution in [0.15, 0.2) is 48.5 Å². The fourth-order valence-corrected chi connectivity index (χ4v) is 2.82. The molecule has 0 aliphatic carbocycles. The molecule has 0 fully saturated rings. The molecule has 0 heterocycles. The normalized spacial score (nSPS) is 12.9. The van der Waals surface area contributed by atoms with E-state index in [0.717, 1.165) is 37.4 Å². The Morgan fingerprint density at radius 1 is 0.967 bits per heavy atom. The third-order valence-electron chi connectivity index (χ3n) is 4.19. The summed E-state index contributed by atoms with van der Waals surface area (Å²) in [5.41, 5.74) is -2.12. The second kappa shape index (κ2) is 9.19. The van der Waals surface area contributed by atoms with Gasteiger partial charge in [0.05, 0.1) is 24.7 Å². The Morgan fingerprint density at radius 3 is 2.23 bits per heavy atom. The first-order valence-electron chi connectivity index (χ1n) is 8.60. The van der Waals surface area contributed by atoms with E-state index in [4.69, 9.17) is 0 Å². The molecule has 0 aliphatic heterocycles. The van der Waals surface area contributed by atoms with Crippen LogP contribution in [0.2, 0.25) is 0 Å². The second-order valence-corrected chi connectivity index (χ2v) is 6.38. The lowest BCUT2D eigenvalue weighted by atomic mass is 9.99. The first kappa shape index (κ1) is 23.2.